The predicted molar refractivity (Wildman–Crippen MR) is 76.8 cm³/mol. The molecule has 4 heteroatoms. The zero-order valence-corrected chi connectivity index (χ0v) is 11.7. The fourth-order valence-electron chi connectivity index (χ4n) is 2.03. The molecule has 0 aliphatic heterocycles. The van der Waals surface area contributed by atoms with Crippen LogP contribution in [-0.4, -0.2) is 32.5 Å². The molecule has 0 radical (unpaired) electrons. The van der Waals surface area contributed by atoms with Gasteiger partial charge in [-0.2, -0.15) is 0 Å². The van der Waals surface area contributed by atoms with Crippen molar-refractivity contribution in [2.24, 2.45) is 0 Å². The van der Waals surface area contributed by atoms with Crippen molar-refractivity contribution in [3.05, 3.63) is 36.4 Å². The Balaban J connectivity index is 2.96. The molecular weight excluding hydrogens is 242 g/mol. The molecule has 0 aliphatic carbocycles. The number of benzene rings is 1. The van der Waals surface area contributed by atoms with E-state index in [1.165, 1.54) is 0 Å². The van der Waals surface area contributed by atoms with E-state index >= 15 is 0 Å². The molecule has 0 aromatic heterocycles. The molecule has 1 aromatic carbocycles. The predicted octanol–water partition coefficient (Wildman–Crippen LogP) is 2.29. The van der Waals surface area contributed by atoms with Crippen LogP contribution in [0.3, 0.4) is 0 Å². The standard InChI is InChI=1S/C15H23NO3/c1-4-7-13(16-10-6-11-17)12-8-5-9-14(18-2)15(12)19-3/h4-5,8-9,13,16-17H,1,6-7,10-11H2,2-3H3/t13-/m0/s1. The van der Waals surface area contributed by atoms with E-state index in [2.05, 4.69) is 11.9 Å². The number of ether oxygens (including phenoxy) is 2. The summed E-state index contributed by atoms with van der Waals surface area (Å²) in [7, 11) is 3.27. The highest BCUT2D eigenvalue weighted by atomic mass is 16.5. The summed E-state index contributed by atoms with van der Waals surface area (Å²) in [5.74, 6) is 1.46. The highest BCUT2D eigenvalue weighted by Crippen LogP contribution is 2.35. The maximum absolute atomic E-state index is 8.86. The van der Waals surface area contributed by atoms with Gasteiger partial charge < -0.3 is 19.9 Å². The van der Waals surface area contributed by atoms with Gasteiger partial charge in [-0.3, -0.25) is 0 Å². The van der Waals surface area contributed by atoms with Crippen LogP contribution in [0.25, 0.3) is 0 Å². The van der Waals surface area contributed by atoms with E-state index in [1.807, 2.05) is 24.3 Å². The first-order valence-electron chi connectivity index (χ1n) is 6.44. The Kier molecular flexibility index (Phi) is 7.00. The number of hydrogen-bond acceptors (Lipinski definition) is 4. The minimum absolute atomic E-state index is 0.106. The topological polar surface area (TPSA) is 50.7 Å². The van der Waals surface area contributed by atoms with E-state index in [0.29, 0.717) is 0 Å². The number of methoxy groups -OCH3 is 2. The van der Waals surface area contributed by atoms with Crippen molar-refractivity contribution >= 4 is 0 Å². The zero-order valence-electron chi connectivity index (χ0n) is 11.7. The Morgan fingerprint density at radius 2 is 2.16 bits per heavy atom. The van der Waals surface area contributed by atoms with Gasteiger partial charge in [0, 0.05) is 18.2 Å². The summed E-state index contributed by atoms with van der Waals surface area (Å²) in [4.78, 5) is 0. The van der Waals surface area contributed by atoms with Crippen LogP contribution in [0.5, 0.6) is 11.5 Å². The molecule has 106 valence electrons. The molecule has 0 fully saturated rings. The van der Waals surface area contributed by atoms with Crippen molar-refractivity contribution in [1.82, 2.24) is 5.32 Å². The highest BCUT2D eigenvalue weighted by molar-refractivity contribution is 5.48. The molecular formula is C15H23NO3. The summed E-state index contributed by atoms with van der Waals surface area (Å²) in [5, 5.41) is 12.3. The van der Waals surface area contributed by atoms with Crippen LogP contribution in [0.4, 0.5) is 0 Å². The van der Waals surface area contributed by atoms with E-state index in [9.17, 15) is 0 Å². The van der Waals surface area contributed by atoms with Crippen LogP contribution >= 0.6 is 0 Å². The molecule has 4 nitrogen and oxygen atoms in total. The molecule has 19 heavy (non-hydrogen) atoms. The quantitative estimate of drug-likeness (QED) is 0.531. The number of rotatable bonds is 9. The third-order valence-corrected chi connectivity index (χ3v) is 2.94. The van der Waals surface area contributed by atoms with Gasteiger partial charge in [-0.1, -0.05) is 18.2 Å². The van der Waals surface area contributed by atoms with E-state index in [0.717, 1.165) is 36.4 Å². The van der Waals surface area contributed by atoms with Crippen LogP contribution < -0.4 is 14.8 Å². The summed E-state index contributed by atoms with van der Waals surface area (Å²) in [5.41, 5.74) is 1.04. The SMILES string of the molecule is C=CC[C@H](NCCCO)c1cccc(OC)c1OC. The minimum Gasteiger partial charge on any atom is -0.493 e. The second-order valence-electron chi connectivity index (χ2n) is 4.19. The Hall–Kier alpha value is -1.52. The Morgan fingerprint density at radius 3 is 2.74 bits per heavy atom. The summed E-state index contributed by atoms with van der Waals surface area (Å²) >= 11 is 0. The summed E-state index contributed by atoms with van der Waals surface area (Å²) in [6.45, 7) is 4.72. The molecule has 1 atom stereocenters. The Bertz CT molecular complexity index is 393. The van der Waals surface area contributed by atoms with Crippen LogP contribution in [0.15, 0.2) is 30.9 Å². The molecule has 1 aromatic rings. The lowest BCUT2D eigenvalue weighted by Gasteiger charge is -2.21. The first kappa shape index (κ1) is 15.5. The third-order valence-electron chi connectivity index (χ3n) is 2.94. The third kappa shape index (κ3) is 4.26. The zero-order chi connectivity index (χ0) is 14.1. The van der Waals surface area contributed by atoms with E-state index in [1.54, 1.807) is 14.2 Å². The fourth-order valence-corrected chi connectivity index (χ4v) is 2.03. The lowest BCUT2D eigenvalue weighted by atomic mass is 10.0. The molecule has 0 unspecified atom stereocenters. The van der Waals surface area contributed by atoms with Crippen LogP contribution in [0, 0.1) is 0 Å². The van der Waals surface area contributed by atoms with Gasteiger partial charge in [0.25, 0.3) is 0 Å². The number of hydrogen-bond donors (Lipinski definition) is 2. The van der Waals surface area contributed by atoms with Crippen molar-refractivity contribution in [3.8, 4) is 11.5 Å². The molecule has 0 aliphatic rings. The Morgan fingerprint density at radius 1 is 1.37 bits per heavy atom. The lowest BCUT2D eigenvalue weighted by molar-refractivity contribution is 0.282. The Labute approximate surface area is 115 Å². The minimum atomic E-state index is 0.106. The van der Waals surface area contributed by atoms with E-state index in [-0.39, 0.29) is 12.6 Å². The molecule has 0 saturated heterocycles. The van der Waals surface area contributed by atoms with Crippen molar-refractivity contribution in [2.75, 3.05) is 27.4 Å². The number of aliphatic hydroxyl groups excluding tert-OH is 1. The van der Waals surface area contributed by atoms with Gasteiger partial charge in [0.1, 0.15) is 0 Å². The van der Waals surface area contributed by atoms with Crippen molar-refractivity contribution < 1.29 is 14.6 Å². The van der Waals surface area contributed by atoms with Crippen LogP contribution in [0.1, 0.15) is 24.4 Å². The maximum Gasteiger partial charge on any atom is 0.165 e. The second-order valence-corrected chi connectivity index (χ2v) is 4.19. The largest absolute Gasteiger partial charge is 0.493 e. The van der Waals surface area contributed by atoms with Gasteiger partial charge in [0.05, 0.1) is 14.2 Å². The van der Waals surface area contributed by atoms with Crippen molar-refractivity contribution in [3.63, 3.8) is 0 Å². The van der Waals surface area contributed by atoms with Crippen molar-refractivity contribution in [1.29, 1.82) is 0 Å². The van der Waals surface area contributed by atoms with Gasteiger partial charge in [-0.05, 0) is 25.5 Å². The van der Waals surface area contributed by atoms with E-state index in [4.69, 9.17) is 14.6 Å². The summed E-state index contributed by atoms with van der Waals surface area (Å²) < 4.78 is 10.8. The van der Waals surface area contributed by atoms with Gasteiger partial charge in [0.15, 0.2) is 11.5 Å². The molecule has 1 rings (SSSR count). The van der Waals surface area contributed by atoms with E-state index < -0.39 is 0 Å². The number of para-hydroxylation sites is 1. The molecule has 0 heterocycles. The van der Waals surface area contributed by atoms with Crippen LogP contribution in [0.2, 0.25) is 0 Å². The normalized spacial score (nSPS) is 11.9. The first-order valence-corrected chi connectivity index (χ1v) is 6.44. The fraction of sp³-hybridized carbons (Fsp3) is 0.467. The van der Waals surface area contributed by atoms with Crippen LogP contribution in [-0.2, 0) is 0 Å². The highest BCUT2D eigenvalue weighted by Gasteiger charge is 2.17. The van der Waals surface area contributed by atoms with Gasteiger partial charge >= 0.3 is 0 Å². The number of nitrogens with one attached hydrogen (secondary N) is 1. The first-order chi connectivity index (χ1) is 9.28. The molecule has 2 N–H and O–H groups in total. The smallest absolute Gasteiger partial charge is 0.165 e. The average Bonchev–Trinajstić information content (AvgIpc) is 2.45. The second kappa shape index (κ2) is 8.56. The summed E-state index contributed by atoms with van der Waals surface area (Å²) in [6, 6.07) is 5.94. The molecule has 0 amide bonds. The molecule has 0 spiro atoms. The molecule has 0 bridgehead atoms. The number of aliphatic hydroxyl groups is 1. The van der Waals surface area contributed by atoms with Gasteiger partial charge in [-0.25, -0.2) is 0 Å². The summed E-state index contributed by atoms with van der Waals surface area (Å²) in [6.07, 6.45) is 3.38. The average molecular weight is 265 g/mol. The molecule has 0 saturated carbocycles. The monoisotopic (exact) mass is 265 g/mol. The lowest BCUT2D eigenvalue weighted by Crippen LogP contribution is -2.23. The van der Waals surface area contributed by atoms with Crippen molar-refractivity contribution in [2.45, 2.75) is 18.9 Å². The van der Waals surface area contributed by atoms with Gasteiger partial charge in [0.2, 0.25) is 0 Å². The van der Waals surface area contributed by atoms with Gasteiger partial charge in [-0.15, -0.1) is 6.58 Å². The maximum atomic E-state index is 8.86.